The molecule has 2 N–H and O–H groups in total. The third-order valence-corrected chi connectivity index (χ3v) is 4.42. The van der Waals surface area contributed by atoms with Gasteiger partial charge in [0.2, 0.25) is 5.88 Å². The number of carboxylic acids is 1. The Balaban J connectivity index is 0.000000224. The van der Waals surface area contributed by atoms with Crippen LogP contribution in [0.4, 0.5) is 17.6 Å². The normalized spacial score (nSPS) is 9.74. The highest BCUT2D eigenvalue weighted by molar-refractivity contribution is 6.32. The number of methoxy groups -OCH3 is 1. The van der Waals surface area contributed by atoms with Crippen LogP contribution in [0.1, 0.15) is 20.7 Å². The topological polar surface area (TPSA) is 119 Å². The van der Waals surface area contributed by atoms with Crippen molar-refractivity contribution in [2.45, 2.75) is 0 Å². The molecule has 13 heteroatoms. The summed E-state index contributed by atoms with van der Waals surface area (Å²) in [6, 6.07) is 11.9. The molecule has 0 saturated carbocycles. The van der Waals surface area contributed by atoms with Crippen LogP contribution in [0.5, 0.6) is 17.4 Å². The van der Waals surface area contributed by atoms with E-state index in [0.717, 1.165) is 31.6 Å². The molecule has 2 heterocycles. The predicted molar refractivity (Wildman–Crippen MR) is 126 cm³/mol. The minimum absolute atomic E-state index is 0.0893. The van der Waals surface area contributed by atoms with Crippen molar-refractivity contribution in [1.29, 1.82) is 0 Å². The van der Waals surface area contributed by atoms with Crippen LogP contribution in [0, 0.1) is 23.3 Å². The zero-order chi connectivity index (χ0) is 28.2. The van der Waals surface area contributed by atoms with Gasteiger partial charge in [-0.1, -0.05) is 11.6 Å². The number of halogens is 5. The number of aromatic hydroxyl groups is 1. The SMILES string of the molecule is COC(=O)c1cc(F)cnc1Oc1ccc(F)cc1.O=C(O)c1cc(F)cnc1Cl.Oc1ccc(F)cc1. The molecule has 8 nitrogen and oxygen atoms in total. The van der Waals surface area contributed by atoms with Gasteiger partial charge in [-0.25, -0.2) is 37.1 Å². The highest BCUT2D eigenvalue weighted by Gasteiger charge is 2.16. The molecule has 198 valence electrons. The van der Waals surface area contributed by atoms with Crippen molar-refractivity contribution >= 4 is 23.5 Å². The largest absolute Gasteiger partial charge is 0.508 e. The lowest BCUT2D eigenvalue weighted by Crippen LogP contribution is -2.06. The summed E-state index contributed by atoms with van der Waals surface area (Å²) in [5.41, 5.74) is -0.474. The van der Waals surface area contributed by atoms with Gasteiger partial charge >= 0.3 is 11.9 Å². The first kappa shape index (κ1) is 29.5. The Morgan fingerprint density at radius 2 is 1.29 bits per heavy atom. The number of aromatic nitrogens is 2. The van der Waals surface area contributed by atoms with Gasteiger partial charge < -0.3 is 19.7 Å². The molecule has 0 radical (unpaired) electrons. The van der Waals surface area contributed by atoms with Crippen molar-refractivity contribution < 1.29 is 46.8 Å². The summed E-state index contributed by atoms with van der Waals surface area (Å²) in [6.07, 6.45) is 1.76. The van der Waals surface area contributed by atoms with Crippen molar-refractivity contribution in [1.82, 2.24) is 9.97 Å². The molecule has 0 aliphatic rings. The summed E-state index contributed by atoms with van der Waals surface area (Å²) in [5.74, 6) is -3.97. The summed E-state index contributed by atoms with van der Waals surface area (Å²) >= 11 is 5.33. The molecule has 0 spiro atoms. The number of hydrogen-bond donors (Lipinski definition) is 2. The standard InChI is InChI=1S/C13H9F2NO3.C6H3ClFNO2.C6H5FO/c1-18-13(17)11-6-9(15)7-16-12(11)19-10-4-2-8(14)3-5-10;7-5-4(6(10)11)1-3(8)2-9-5;7-5-1-3-6(8)4-2-5/h2-7H,1H3;1-2H,(H,10,11);1-4,8H. The fourth-order valence-corrected chi connectivity index (χ4v) is 2.58. The Labute approximate surface area is 217 Å². The quantitative estimate of drug-likeness (QED) is 0.179. The van der Waals surface area contributed by atoms with Crippen LogP contribution in [-0.2, 0) is 4.74 Å². The van der Waals surface area contributed by atoms with Crippen LogP contribution >= 0.6 is 11.6 Å². The highest BCUT2D eigenvalue weighted by atomic mass is 35.5. The summed E-state index contributed by atoms with van der Waals surface area (Å²) in [6.45, 7) is 0. The number of carbonyl (C=O) groups excluding carboxylic acids is 1. The minimum atomic E-state index is -1.29. The average Bonchev–Trinajstić information content (AvgIpc) is 2.89. The van der Waals surface area contributed by atoms with Crippen LogP contribution in [-0.4, -0.2) is 39.2 Å². The third kappa shape index (κ3) is 9.39. The second-order valence-electron chi connectivity index (χ2n) is 6.83. The van der Waals surface area contributed by atoms with Crippen LogP contribution < -0.4 is 4.74 Å². The lowest BCUT2D eigenvalue weighted by molar-refractivity contribution is 0.0595. The number of carboxylic acid groups (broad SMARTS) is 1. The lowest BCUT2D eigenvalue weighted by atomic mass is 10.2. The maximum atomic E-state index is 13.1. The molecule has 4 rings (SSSR count). The fraction of sp³-hybridized carbons (Fsp3) is 0.0400. The number of benzene rings is 2. The number of carbonyl (C=O) groups is 2. The molecule has 0 fully saturated rings. The van der Waals surface area contributed by atoms with E-state index in [1.165, 1.54) is 48.5 Å². The third-order valence-electron chi connectivity index (χ3n) is 4.11. The van der Waals surface area contributed by atoms with Gasteiger partial charge in [-0.2, -0.15) is 0 Å². The van der Waals surface area contributed by atoms with Gasteiger partial charge in [0.05, 0.1) is 25.1 Å². The molecule has 2 aromatic carbocycles. The van der Waals surface area contributed by atoms with E-state index < -0.39 is 29.4 Å². The molecule has 4 aromatic rings. The molecule has 0 bridgehead atoms. The van der Waals surface area contributed by atoms with Crippen molar-refractivity contribution in [2.75, 3.05) is 7.11 Å². The van der Waals surface area contributed by atoms with Gasteiger partial charge in [0.15, 0.2) is 0 Å². The monoisotopic (exact) mass is 552 g/mol. The van der Waals surface area contributed by atoms with Gasteiger partial charge in [0.25, 0.3) is 0 Å². The van der Waals surface area contributed by atoms with Crippen molar-refractivity contribution in [2.24, 2.45) is 0 Å². The van der Waals surface area contributed by atoms with E-state index in [2.05, 4.69) is 14.7 Å². The Hall–Kier alpha value is -4.71. The zero-order valence-corrected chi connectivity index (χ0v) is 20.0. The van der Waals surface area contributed by atoms with E-state index in [0.29, 0.717) is 0 Å². The van der Waals surface area contributed by atoms with Gasteiger partial charge in [-0.05, 0) is 60.7 Å². The second-order valence-corrected chi connectivity index (χ2v) is 7.19. The van der Waals surface area contributed by atoms with Crippen molar-refractivity contribution in [3.8, 4) is 17.4 Å². The van der Waals surface area contributed by atoms with Gasteiger partial charge in [0, 0.05) is 0 Å². The van der Waals surface area contributed by atoms with Gasteiger partial charge in [-0.3, -0.25) is 0 Å². The van der Waals surface area contributed by atoms with Crippen LogP contribution in [0.2, 0.25) is 5.15 Å². The van der Waals surface area contributed by atoms with E-state index in [9.17, 15) is 27.2 Å². The first-order chi connectivity index (χ1) is 18.0. The molecular formula is C25H17ClF4N2O6. The maximum absolute atomic E-state index is 13.1. The zero-order valence-electron chi connectivity index (χ0n) is 19.2. The minimum Gasteiger partial charge on any atom is -0.508 e. The first-order valence-corrected chi connectivity index (χ1v) is 10.5. The summed E-state index contributed by atoms with van der Waals surface area (Å²) in [5, 5.41) is 16.8. The van der Waals surface area contributed by atoms with Crippen LogP contribution in [0.15, 0.2) is 73.1 Å². The van der Waals surface area contributed by atoms with Crippen LogP contribution in [0.3, 0.4) is 0 Å². The molecular weight excluding hydrogens is 536 g/mol. The predicted octanol–water partition coefficient (Wildman–Crippen LogP) is 6.04. The van der Waals surface area contributed by atoms with E-state index in [1.807, 2.05) is 0 Å². The number of hydrogen-bond acceptors (Lipinski definition) is 7. The van der Waals surface area contributed by atoms with Crippen molar-refractivity contribution in [3.05, 3.63) is 113 Å². The molecule has 0 aliphatic heterocycles. The molecule has 0 aliphatic carbocycles. The number of ether oxygens (including phenoxy) is 2. The second kappa shape index (κ2) is 14.1. The van der Waals surface area contributed by atoms with E-state index in [1.54, 1.807) is 0 Å². The molecule has 0 atom stereocenters. The summed E-state index contributed by atoms with van der Waals surface area (Å²) in [4.78, 5) is 28.7. The molecule has 0 unspecified atom stereocenters. The van der Waals surface area contributed by atoms with Gasteiger partial charge in [-0.15, -0.1) is 0 Å². The Morgan fingerprint density at radius 1 is 0.789 bits per heavy atom. The van der Waals surface area contributed by atoms with E-state index >= 15 is 0 Å². The first-order valence-electron chi connectivity index (χ1n) is 10.2. The smallest absolute Gasteiger partial charge is 0.343 e. The highest BCUT2D eigenvalue weighted by Crippen LogP contribution is 2.24. The van der Waals surface area contributed by atoms with E-state index in [-0.39, 0.29) is 39.5 Å². The number of esters is 1. The van der Waals surface area contributed by atoms with Gasteiger partial charge in [0.1, 0.15) is 45.5 Å². The number of pyridine rings is 2. The Kier molecular flexibility index (Phi) is 11.0. The number of nitrogens with zero attached hydrogens (tertiary/aromatic N) is 2. The van der Waals surface area contributed by atoms with Crippen molar-refractivity contribution in [3.63, 3.8) is 0 Å². The number of phenols is 1. The number of aromatic carboxylic acids is 1. The molecule has 0 saturated heterocycles. The Morgan fingerprint density at radius 3 is 1.76 bits per heavy atom. The molecule has 2 aromatic heterocycles. The summed E-state index contributed by atoms with van der Waals surface area (Å²) in [7, 11) is 1.16. The van der Waals surface area contributed by atoms with Crippen LogP contribution in [0.25, 0.3) is 0 Å². The maximum Gasteiger partial charge on any atom is 0.343 e. The number of phenolic OH excluding ortho intramolecular Hbond substituents is 1. The Bertz CT molecular complexity index is 1370. The van der Waals surface area contributed by atoms with E-state index in [4.69, 9.17) is 26.6 Å². The molecule has 38 heavy (non-hydrogen) atoms. The average molecular weight is 553 g/mol. The summed E-state index contributed by atoms with van der Waals surface area (Å²) < 4.78 is 59.9. The fourth-order valence-electron chi connectivity index (χ4n) is 2.39. The lowest BCUT2D eigenvalue weighted by Gasteiger charge is -2.08. The molecule has 0 amide bonds. The number of rotatable bonds is 4.